The highest BCUT2D eigenvalue weighted by Gasteiger charge is 2.03. The molecular formula is C12H19NO. The molecule has 1 aromatic rings. The van der Waals surface area contributed by atoms with Crippen LogP contribution in [0, 0.1) is 6.92 Å². The molecule has 1 aromatic carbocycles. The average molecular weight is 193 g/mol. The molecule has 1 rings (SSSR count). The molecule has 0 amide bonds. The molecule has 2 heteroatoms. The fourth-order valence-electron chi connectivity index (χ4n) is 1.57. The Hall–Kier alpha value is -1.02. The van der Waals surface area contributed by atoms with Crippen LogP contribution >= 0.6 is 0 Å². The summed E-state index contributed by atoms with van der Waals surface area (Å²) in [5, 5.41) is 0. The SMILES string of the molecule is CCN(C)c1ccc(COC)cc1C. The van der Waals surface area contributed by atoms with E-state index in [0.717, 1.165) is 6.54 Å². The van der Waals surface area contributed by atoms with Gasteiger partial charge in [-0.15, -0.1) is 0 Å². The molecule has 0 aliphatic rings. The number of ether oxygens (including phenoxy) is 1. The molecule has 0 heterocycles. The van der Waals surface area contributed by atoms with Crippen LogP contribution in [0.5, 0.6) is 0 Å². The number of hydrogen-bond acceptors (Lipinski definition) is 2. The predicted octanol–water partition coefficient (Wildman–Crippen LogP) is 2.60. The van der Waals surface area contributed by atoms with Gasteiger partial charge in [0.1, 0.15) is 0 Å². The van der Waals surface area contributed by atoms with E-state index in [1.807, 2.05) is 0 Å². The van der Waals surface area contributed by atoms with Crippen molar-refractivity contribution in [2.45, 2.75) is 20.5 Å². The van der Waals surface area contributed by atoms with Crippen molar-refractivity contribution in [3.63, 3.8) is 0 Å². The lowest BCUT2D eigenvalue weighted by molar-refractivity contribution is 0.185. The number of hydrogen-bond donors (Lipinski definition) is 0. The third-order valence-corrected chi connectivity index (χ3v) is 2.46. The van der Waals surface area contributed by atoms with E-state index in [4.69, 9.17) is 4.74 Å². The van der Waals surface area contributed by atoms with Gasteiger partial charge >= 0.3 is 0 Å². The normalized spacial score (nSPS) is 10.3. The minimum atomic E-state index is 0.691. The number of rotatable bonds is 4. The maximum atomic E-state index is 5.10. The van der Waals surface area contributed by atoms with Gasteiger partial charge in [-0.05, 0) is 31.0 Å². The van der Waals surface area contributed by atoms with E-state index in [-0.39, 0.29) is 0 Å². The van der Waals surface area contributed by atoms with E-state index in [2.05, 4.69) is 44.0 Å². The highest BCUT2D eigenvalue weighted by Crippen LogP contribution is 2.20. The van der Waals surface area contributed by atoms with Crippen LogP contribution in [-0.2, 0) is 11.3 Å². The Morgan fingerprint density at radius 1 is 1.36 bits per heavy atom. The number of nitrogens with zero attached hydrogens (tertiary/aromatic N) is 1. The standard InChI is InChI=1S/C12H19NO/c1-5-13(3)12-7-6-11(9-14-4)8-10(12)2/h6-8H,5,9H2,1-4H3. The number of methoxy groups -OCH3 is 1. The zero-order valence-electron chi connectivity index (χ0n) is 9.50. The first-order valence-electron chi connectivity index (χ1n) is 4.98. The largest absolute Gasteiger partial charge is 0.380 e. The van der Waals surface area contributed by atoms with Crippen LogP contribution in [0.1, 0.15) is 18.1 Å². The quantitative estimate of drug-likeness (QED) is 0.728. The molecule has 0 aliphatic carbocycles. The maximum absolute atomic E-state index is 5.10. The topological polar surface area (TPSA) is 12.5 Å². The molecule has 0 N–H and O–H groups in total. The summed E-state index contributed by atoms with van der Waals surface area (Å²) in [4.78, 5) is 2.24. The van der Waals surface area contributed by atoms with Crippen LogP contribution in [-0.4, -0.2) is 20.7 Å². The first-order chi connectivity index (χ1) is 6.69. The fourth-order valence-corrected chi connectivity index (χ4v) is 1.57. The van der Waals surface area contributed by atoms with Gasteiger partial charge in [0.15, 0.2) is 0 Å². The van der Waals surface area contributed by atoms with Gasteiger partial charge in [0.25, 0.3) is 0 Å². The molecule has 0 atom stereocenters. The van der Waals surface area contributed by atoms with Crippen LogP contribution < -0.4 is 4.90 Å². The molecule has 14 heavy (non-hydrogen) atoms. The highest BCUT2D eigenvalue weighted by molar-refractivity contribution is 5.53. The van der Waals surface area contributed by atoms with E-state index in [0.29, 0.717) is 6.61 Å². The Morgan fingerprint density at radius 3 is 2.57 bits per heavy atom. The number of aryl methyl sites for hydroxylation is 1. The first-order valence-corrected chi connectivity index (χ1v) is 4.98. The van der Waals surface area contributed by atoms with Gasteiger partial charge in [-0.3, -0.25) is 0 Å². The number of benzene rings is 1. The molecule has 0 saturated carbocycles. The van der Waals surface area contributed by atoms with Crippen LogP contribution in [0.4, 0.5) is 5.69 Å². The van der Waals surface area contributed by atoms with Crippen molar-refractivity contribution < 1.29 is 4.74 Å². The molecule has 0 aliphatic heterocycles. The van der Waals surface area contributed by atoms with Crippen LogP contribution in [0.15, 0.2) is 18.2 Å². The second-order valence-electron chi connectivity index (χ2n) is 3.57. The summed E-state index contributed by atoms with van der Waals surface area (Å²) in [7, 11) is 3.83. The molecule has 2 nitrogen and oxygen atoms in total. The van der Waals surface area contributed by atoms with Gasteiger partial charge in [0, 0.05) is 26.4 Å². The van der Waals surface area contributed by atoms with Gasteiger partial charge in [0.05, 0.1) is 6.61 Å². The van der Waals surface area contributed by atoms with E-state index in [1.54, 1.807) is 7.11 Å². The van der Waals surface area contributed by atoms with Crippen molar-refractivity contribution in [1.82, 2.24) is 0 Å². The summed E-state index contributed by atoms with van der Waals surface area (Å²) >= 11 is 0. The van der Waals surface area contributed by atoms with Gasteiger partial charge in [0.2, 0.25) is 0 Å². The summed E-state index contributed by atoms with van der Waals surface area (Å²) in [5.41, 5.74) is 3.84. The molecule has 0 spiro atoms. The molecule has 0 saturated heterocycles. The summed E-state index contributed by atoms with van der Waals surface area (Å²) in [6.45, 7) is 6.02. The Kier molecular flexibility index (Phi) is 3.96. The molecule has 0 unspecified atom stereocenters. The van der Waals surface area contributed by atoms with E-state index < -0.39 is 0 Å². The average Bonchev–Trinajstić information content (AvgIpc) is 2.17. The molecule has 0 aromatic heterocycles. The summed E-state index contributed by atoms with van der Waals surface area (Å²) in [5.74, 6) is 0. The van der Waals surface area contributed by atoms with Gasteiger partial charge in [-0.1, -0.05) is 12.1 Å². The predicted molar refractivity (Wildman–Crippen MR) is 60.8 cm³/mol. The third-order valence-electron chi connectivity index (χ3n) is 2.46. The van der Waals surface area contributed by atoms with E-state index in [9.17, 15) is 0 Å². The lowest BCUT2D eigenvalue weighted by Crippen LogP contribution is -2.16. The second-order valence-corrected chi connectivity index (χ2v) is 3.57. The summed E-state index contributed by atoms with van der Waals surface area (Å²) in [6, 6.07) is 6.47. The molecule has 78 valence electrons. The van der Waals surface area contributed by atoms with Crippen molar-refractivity contribution in [3.05, 3.63) is 29.3 Å². The maximum Gasteiger partial charge on any atom is 0.0713 e. The van der Waals surface area contributed by atoms with Gasteiger partial charge < -0.3 is 9.64 Å². The highest BCUT2D eigenvalue weighted by atomic mass is 16.5. The Morgan fingerprint density at radius 2 is 2.07 bits per heavy atom. The van der Waals surface area contributed by atoms with Gasteiger partial charge in [-0.25, -0.2) is 0 Å². The Balaban J connectivity index is 2.89. The Bertz CT molecular complexity index is 296. The second kappa shape index (κ2) is 5.01. The van der Waals surface area contributed by atoms with E-state index in [1.165, 1.54) is 16.8 Å². The molecular weight excluding hydrogens is 174 g/mol. The zero-order chi connectivity index (χ0) is 10.6. The van der Waals surface area contributed by atoms with Crippen molar-refractivity contribution in [2.24, 2.45) is 0 Å². The molecule has 0 bridgehead atoms. The lowest BCUT2D eigenvalue weighted by atomic mass is 10.1. The molecule has 0 fully saturated rings. The van der Waals surface area contributed by atoms with Crippen molar-refractivity contribution in [1.29, 1.82) is 0 Å². The van der Waals surface area contributed by atoms with Crippen LogP contribution in [0.2, 0.25) is 0 Å². The smallest absolute Gasteiger partial charge is 0.0713 e. The van der Waals surface area contributed by atoms with Crippen LogP contribution in [0.3, 0.4) is 0 Å². The minimum Gasteiger partial charge on any atom is -0.380 e. The van der Waals surface area contributed by atoms with Gasteiger partial charge in [-0.2, -0.15) is 0 Å². The Labute approximate surface area is 86.5 Å². The summed E-state index contributed by atoms with van der Waals surface area (Å²) in [6.07, 6.45) is 0. The van der Waals surface area contributed by atoms with Crippen LogP contribution in [0.25, 0.3) is 0 Å². The monoisotopic (exact) mass is 193 g/mol. The van der Waals surface area contributed by atoms with Crippen molar-refractivity contribution in [3.8, 4) is 0 Å². The zero-order valence-corrected chi connectivity index (χ0v) is 9.50. The fraction of sp³-hybridized carbons (Fsp3) is 0.500. The van der Waals surface area contributed by atoms with Crippen molar-refractivity contribution in [2.75, 3.05) is 25.6 Å². The first kappa shape index (κ1) is 11.1. The van der Waals surface area contributed by atoms with Crippen molar-refractivity contribution >= 4 is 5.69 Å². The molecule has 0 radical (unpaired) electrons. The number of anilines is 1. The summed E-state index contributed by atoms with van der Waals surface area (Å²) < 4.78 is 5.10. The minimum absolute atomic E-state index is 0.691. The lowest BCUT2D eigenvalue weighted by Gasteiger charge is -2.19. The third kappa shape index (κ3) is 2.48. The van der Waals surface area contributed by atoms with E-state index >= 15 is 0 Å².